The van der Waals surface area contributed by atoms with Gasteiger partial charge in [0.2, 0.25) is 11.8 Å². The molecule has 3 aliphatic heterocycles. The van der Waals surface area contributed by atoms with Gasteiger partial charge in [0.25, 0.3) is 0 Å². The minimum Gasteiger partial charge on any atom is -0.311 e. The van der Waals surface area contributed by atoms with Gasteiger partial charge in [-0.1, -0.05) is 38.0 Å². The van der Waals surface area contributed by atoms with Crippen molar-refractivity contribution in [2.24, 2.45) is 5.92 Å². The second-order valence-electron chi connectivity index (χ2n) is 8.80. The van der Waals surface area contributed by atoms with Gasteiger partial charge in [-0.15, -0.1) is 11.8 Å². The van der Waals surface area contributed by atoms with Crippen molar-refractivity contribution >= 4 is 35.3 Å². The number of rotatable bonds is 6. The van der Waals surface area contributed by atoms with Crippen LogP contribution in [-0.2, 0) is 16.0 Å². The number of hydrogen-bond acceptors (Lipinski definition) is 6. The number of nitrogens with one attached hydrogen (secondary N) is 2. The summed E-state index contributed by atoms with van der Waals surface area (Å²) in [5, 5.41) is 6.75. The lowest BCUT2D eigenvalue weighted by molar-refractivity contribution is -0.140. The molecule has 8 nitrogen and oxygen atoms in total. The highest BCUT2D eigenvalue weighted by Crippen LogP contribution is 2.33. The molecule has 0 aliphatic carbocycles. The topological polar surface area (TPSA) is 85.0 Å². The molecule has 2 saturated heterocycles. The Morgan fingerprint density at radius 1 is 1.19 bits per heavy atom. The number of nitrogens with zero attached hydrogens (tertiary/aromatic N) is 3. The number of urea groups is 1. The number of carbonyl (C=O) groups is 3. The summed E-state index contributed by atoms with van der Waals surface area (Å²) in [6.45, 7) is 2.86. The fourth-order valence-electron chi connectivity index (χ4n) is 4.87. The Kier molecular flexibility index (Phi) is 7.07. The number of amides is 4. The fraction of sp³-hybridized carbons (Fsp3) is 0.609. The molecule has 9 heteroatoms. The molecule has 0 radical (unpaired) electrons. The number of carbonyl (C=O) groups excluding carboxylic acids is 3. The number of hydrogen-bond donors (Lipinski definition) is 2. The van der Waals surface area contributed by atoms with E-state index in [1.807, 2.05) is 23.1 Å². The first-order valence-electron chi connectivity index (χ1n) is 11.5. The Labute approximate surface area is 194 Å². The van der Waals surface area contributed by atoms with E-state index in [0.29, 0.717) is 0 Å². The number of imide groups is 1. The first kappa shape index (κ1) is 23.1. The van der Waals surface area contributed by atoms with Crippen molar-refractivity contribution in [1.82, 2.24) is 20.4 Å². The molecule has 0 spiro atoms. The van der Waals surface area contributed by atoms with Crippen molar-refractivity contribution in [1.29, 1.82) is 0 Å². The van der Waals surface area contributed by atoms with Gasteiger partial charge in [0.05, 0.1) is 29.4 Å². The number of benzene rings is 1. The van der Waals surface area contributed by atoms with Crippen molar-refractivity contribution in [3.63, 3.8) is 0 Å². The van der Waals surface area contributed by atoms with Crippen LogP contribution in [0.25, 0.3) is 0 Å². The maximum absolute atomic E-state index is 13.2. The van der Waals surface area contributed by atoms with Gasteiger partial charge in [-0.05, 0) is 30.9 Å². The third kappa shape index (κ3) is 4.38. The van der Waals surface area contributed by atoms with E-state index in [2.05, 4.69) is 23.6 Å². The molecule has 4 unspecified atom stereocenters. The standard InChI is InChI=1S/C23H33N5O3S/c1-4-5-12-17-24-20-19(22(30)27(3)23(31)26(20)2)21(25-17)32-14-18(29)28-13-8-10-15-9-6-7-11-16(15)28/h6-7,9,11,17,19-21,24-25H,4-5,8,10,12-14H2,1-3H3. The van der Waals surface area contributed by atoms with Crippen LogP contribution in [0.2, 0.25) is 0 Å². The molecule has 4 atom stereocenters. The molecule has 2 N–H and O–H groups in total. The summed E-state index contributed by atoms with van der Waals surface area (Å²) >= 11 is 1.48. The van der Waals surface area contributed by atoms with Crippen molar-refractivity contribution in [2.75, 3.05) is 31.3 Å². The van der Waals surface area contributed by atoms with Crippen LogP contribution < -0.4 is 15.5 Å². The monoisotopic (exact) mass is 459 g/mol. The average molecular weight is 460 g/mol. The number of unbranched alkanes of at least 4 members (excludes halogenated alkanes) is 1. The van der Waals surface area contributed by atoms with E-state index in [1.54, 1.807) is 11.9 Å². The Morgan fingerprint density at radius 2 is 1.97 bits per heavy atom. The summed E-state index contributed by atoms with van der Waals surface area (Å²) in [5.41, 5.74) is 2.21. The molecule has 174 valence electrons. The van der Waals surface area contributed by atoms with Gasteiger partial charge < -0.3 is 9.80 Å². The van der Waals surface area contributed by atoms with Crippen LogP contribution in [0, 0.1) is 5.92 Å². The zero-order valence-corrected chi connectivity index (χ0v) is 19.9. The highest BCUT2D eigenvalue weighted by atomic mass is 32.2. The Balaban J connectivity index is 1.50. The summed E-state index contributed by atoms with van der Waals surface area (Å²) in [6.07, 6.45) is 4.56. The van der Waals surface area contributed by atoms with Crippen LogP contribution in [0.15, 0.2) is 24.3 Å². The van der Waals surface area contributed by atoms with Gasteiger partial charge in [-0.3, -0.25) is 25.1 Å². The van der Waals surface area contributed by atoms with Crippen LogP contribution in [-0.4, -0.2) is 71.7 Å². The van der Waals surface area contributed by atoms with E-state index in [1.165, 1.54) is 29.3 Å². The lowest BCUT2D eigenvalue weighted by atomic mass is 9.96. The lowest BCUT2D eigenvalue weighted by Gasteiger charge is -2.50. The SMILES string of the molecule is CCCCC1NC(SCC(=O)N2CCCc3ccccc32)C2C(=O)N(C)C(=O)N(C)C2N1. The van der Waals surface area contributed by atoms with E-state index in [4.69, 9.17) is 0 Å². The summed E-state index contributed by atoms with van der Waals surface area (Å²) < 4.78 is 0. The third-order valence-corrected chi connectivity index (χ3v) is 7.87. The first-order chi connectivity index (χ1) is 15.4. The Morgan fingerprint density at radius 3 is 2.75 bits per heavy atom. The molecule has 4 rings (SSSR count). The highest BCUT2D eigenvalue weighted by Gasteiger charge is 2.50. The van der Waals surface area contributed by atoms with E-state index in [0.717, 1.165) is 44.3 Å². The molecule has 1 aromatic rings. The van der Waals surface area contributed by atoms with Gasteiger partial charge >= 0.3 is 6.03 Å². The number of fused-ring (bicyclic) bond motifs is 2. The van der Waals surface area contributed by atoms with E-state index >= 15 is 0 Å². The summed E-state index contributed by atoms with van der Waals surface area (Å²) in [5.74, 6) is -0.317. The van der Waals surface area contributed by atoms with Gasteiger partial charge in [-0.25, -0.2) is 4.79 Å². The van der Waals surface area contributed by atoms with Crippen LogP contribution in [0.5, 0.6) is 0 Å². The van der Waals surface area contributed by atoms with Crippen LogP contribution in [0.3, 0.4) is 0 Å². The second kappa shape index (κ2) is 9.80. The van der Waals surface area contributed by atoms with Crippen molar-refractivity contribution < 1.29 is 14.4 Å². The lowest BCUT2D eigenvalue weighted by Crippen LogP contribution is -2.74. The van der Waals surface area contributed by atoms with Crippen LogP contribution >= 0.6 is 11.8 Å². The van der Waals surface area contributed by atoms with Crippen molar-refractivity contribution in [2.45, 2.75) is 56.7 Å². The average Bonchev–Trinajstić information content (AvgIpc) is 2.82. The smallest absolute Gasteiger partial charge is 0.311 e. The molecule has 0 bridgehead atoms. The predicted octanol–water partition coefficient (Wildman–Crippen LogP) is 2.20. The molecular formula is C23H33N5O3S. The molecule has 1 aromatic carbocycles. The normalized spacial score (nSPS) is 27.9. The largest absolute Gasteiger partial charge is 0.327 e. The molecule has 3 heterocycles. The van der Waals surface area contributed by atoms with Crippen LogP contribution in [0.1, 0.15) is 38.2 Å². The maximum atomic E-state index is 13.2. The Hall–Kier alpha value is -2.10. The molecule has 4 amide bonds. The molecule has 0 aromatic heterocycles. The van der Waals surface area contributed by atoms with Gasteiger partial charge in [0.1, 0.15) is 0 Å². The zero-order valence-electron chi connectivity index (χ0n) is 19.0. The number of para-hydroxylation sites is 1. The summed E-state index contributed by atoms with van der Waals surface area (Å²) in [4.78, 5) is 43.4. The van der Waals surface area contributed by atoms with E-state index in [-0.39, 0.29) is 41.3 Å². The highest BCUT2D eigenvalue weighted by molar-refractivity contribution is 8.00. The minimum atomic E-state index is -0.452. The molecule has 0 saturated carbocycles. The summed E-state index contributed by atoms with van der Waals surface area (Å²) in [6, 6.07) is 7.78. The third-order valence-electron chi connectivity index (χ3n) is 6.67. The van der Waals surface area contributed by atoms with Crippen molar-refractivity contribution in [3.8, 4) is 0 Å². The van der Waals surface area contributed by atoms with Gasteiger partial charge in [0, 0.05) is 26.3 Å². The molecule has 3 aliphatic rings. The summed E-state index contributed by atoms with van der Waals surface area (Å²) in [7, 11) is 3.26. The fourth-order valence-corrected chi connectivity index (χ4v) is 6.09. The minimum absolute atomic E-state index is 0.00836. The number of thioether (sulfide) groups is 1. The number of anilines is 1. The molecular weight excluding hydrogens is 426 g/mol. The second-order valence-corrected chi connectivity index (χ2v) is 9.93. The van der Waals surface area contributed by atoms with E-state index < -0.39 is 5.92 Å². The van der Waals surface area contributed by atoms with Crippen molar-refractivity contribution in [3.05, 3.63) is 29.8 Å². The molecule has 2 fully saturated rings. The van der Waals surface area contributed by atoms with Gasteiger partial charge in [0.15, 0.2) is 0 Å². The quantitative estimate of drug-likeness (QED) is 0.679. The predicted molar refractivity (Wildman–Crippen MR) is 126 cm³/mol. The van der Waals surface area contributed by atoms with Crippen LogP contribution in [0.4, 0.5) is 10.5 Å². The first-order valence-corrected chi connectivity index (χ1v) is 12.5. The number of aryl methyl sites for hydroxylation is 1. The Bertz CT molecular complexity index is 881. The maximum Gasteiger partial charge on any atom is 0.327 e. The molecule has 32 heavy (non-hydrogen) atoms. The van der Waals surface area contributed by atoms with Gasteiger partial charge in [-0.2, -0.15) is 0 Å². The van der Waals surface area contributed by atoms with E-state index in [9.17, 15) is 14.4 Å². The zero-order chi connectivity index (χ0) is 22.8.